The molecule has 1 heterocycles. The number of hydrogen-bond acceptors (Lipinski definition) is 5. The van der Waals surface area contributed by atoms with Crippen LogP contribution in [0.1, 0.15) is 18.1 Å². The topological polar surface area (TPSA) is 70.6 Å². The van der Waals surface area contributed by atoms with Gasteiger partial charge in [0.05, 0.1) is 12.0 Å². The average molecular weight is 435 g/mol. The van der Waals surface area contributed by atoms with Crippen LogP contribution in [0.5, 0.6) is 11.5 Å². The van der Waals surface area contributed by atoms with Crippen molar-refractivity contribution in [3.63, 3.8) is 0 Å². The minimum Gasteiger partial charge on any atom is -0.504 e. The van der Waals surface area contributed by atoms with Crippen LogP contribution < -0.4 is 15.4 Å². The van der Waals surface area contributed by atoms with Gasteiger partial charge in [0.15, 0.2) is 17.0 Å². The molecule has 7 heteroatoms. The van der Waals surface area contributed by atoms with Gasteiger partial charge in [0, 0.05) is 15.7 Å². The van der Waals surface area contributed by atoms with Gasteiger partial charge in [-0.2, -0.15) is 0 Å². The molecular formula is C19H19BrN2O3S. The van der Waals surface area contributed by atoms with Crippen LogP contribution in [0.25, 0.3) is 6.08 Å². The molecule has 2 aromatic carbocycles. The minimum atomic E-state index is -0.266. The number of anilines is 1. The molecule has 26 heavy (non-hydrogen) atoms. The fourth-order valence-corrected chi connectivity index (χ4v) is 3.99. The van der Waals surface area contributed by atoms with E-state index >= 15 is 0 Å². The highest BCUT2D eigenvalue weighted by molar-refractivity contribution is 9.10. The van der Waals surface area contributed by atoms with Crippen LogP contribution in [0.15, 0.2) is 45.8 Å². The van der Waals surface area contributed by atoms with Gasteiger partial charge in [-0.3, -0.25) is 4.79 Å². The maximum Gasteiger partial charge on any atom is 0.260 e. The lowest BCUT2D eigenvalue weighted by Gasteiger charge is -2.13. The fourth-order valence-electron chi connectivity index (χ4n) is 2.55. The van der Waals surface area contributed by atoms with Crippen LogP contribution in [0.3, 0.4) is 0 Å². The van der Waals surface area contributed by atoms with E-state index in [1.807, 2.05) is 12.1 Å². The molecule has 3 rings (SSSR count). The van der Waals surface area contributed by atoms with Crippen molar-refractivity contribution in [1.29, 1.82) is 0 Å². The van der Waals surface area contributed by atoms with Crippen molar-refractivity contribution in [2.75, 3.05) is 12.4 Å². The van der Waals surface area contributed by atoms with Gasteiger partial charge in [0.25, 0.3) is 5.91 Å². The standard InChI is InChI=1S/C19H19BrN2O3S/c1-3-11-4-6-14(7-5-11)21-19-22-18(24)16(26-19)9-12-8-13(20)10-15(25-2)17(12)23/h4-10,19,21,23H,3H2,1-2H3,(H,22,24)/b16-9-/t19-/m1/s1. The Bertz CT molecular complexity index is 853. The van der Waals surface area contributed by atoms with E-state index in [4.69, 9.17) is 4.74 Å². The van der Waals surface area contributed by atoms with Gasteiger partial charge in [-0.15, -0.1) is 0 Å². The van der Waals surface area contributed by atoms with Crippen molar-refractivity contribution in [2.24, 2.45) is 0 Å². The first-order chi connectivity index (χ1) is 12.5. The lowest BCUT2D eigenvalue weighted by Crippen LogP contribution is -2.30. The molecule has 0 aromatic heterocycles. The predicted molar refractivity (Wildman–Crippen MR) is 109 cm³/mol. The van der Waals surface area contributed by atoms with Crippen molar-refractivity contribution in [1.82, 2.24) is 5.32 Å². The van der Waals surface area contributed by atoms with Gasteiger partial charge in [0.1, 0.15) is 0 Å². The number of thioether (sulfide) groups is 1. The Balaban J connectivity index is 1.77. The van der Waals surface area contributed by atoms with Crippen molar-refractivity contribution >= 4 is 45.4 Å². The summed E-state index contributed by atoms with van der Waals surface area (Å²) in [6.07, 6.45) is 2.64. The maximum absolute atomic E-state index is 12.3. The molecule has 1 aliphatic rings. The quantitative estimate of drug-likeness (QED) is 0.611. The number of hydrogen-bond donors (Lipinski definition) is 3. The first kappa shape index (κ1) is 18.7. The number of benzene rings is 2. The summed E-state index contributed by atoms with van der Waals surface area (Å²) in [7, 11) is 1.49. The molecule has 5 nitrogen and oxygen atoms in total. The van der Waals surface area contributed by atoms with E-state index in [-0.39, 0.29) is 17.2 Å². The van der Waals surface area contributed by atoms with Crippen LogP contribution in [0.2, 0.25) is 0 Å². The second-order valence-corrected chi connectivity index (χ2v) is 7.78. The van der Waals surface area contributed by atoms with Crippen LogP contribution in [-0.2, 0) is 11.2 Å². The number of aryl methyl sites for hydroxylation is 1. The van der Waals surface area contributed by atoms with Gasteiger partial charge >= 0.3 is 0 Å². The van der Waals surface area contributed by atoms with Crippen LogP contribution in [0.4, 0.5) is 5.69 Å². The Hall–Kier alpha value is -2.12. The number of methoxy groups -OCH3 is 1. The molecule has 0 saturated carbocycles. The Morgan fingerprint density at radius 3 is 2.73 bits per heavy atom. The number of rotatable bonds is 5. The zero-order valence-electron chi connectivity index (χ0n) is 14.4. The molecule has 1 fully saturated rings. The highest BCUT2D eigenvalue weighted by Crippen LogP contribution is 2.37. The molecule has 0 radical (unpaired) electrons. The average Bonchev–Trinajstić information content (AvgIpc) is 2.97. The molecule has 136 valence electrons. The fraction of sp³-hybridized carbons (Fsp3) is 0.211. The predicted octanol–water partition coefficient (Wildman–Crippen LogP) is 4.33. The SMILES string of the molecule is CCc1ccc(N[C@@H]2NC(=O)/C(=C/c3cc(Br)cc(OC)c3O)S2)cc1. The number of phenols is 1. The number of aromatic hydroxyl groups is 1. The molecule has 0 spiro atoms. The molecular weight excluding hydrogens is 416 g/mol. The monoisotopic (exact) mass is 434 g/mol. The van der Waals surface area contributed by atoms with Crippen LogP contribution in [0, 0.1) is 0 Å². The van der Waals surface area contributed by atoms with Crippen LogP contribution in [-0.4, -0.2) is 23.6 Å². The Morgan fingerprint density at radius 1 is 1.35 bits per heavy atom. The third kappa shape index (κ3) is 4.16. The van der Waals surface area contributed by atoms with E-state index < -0.39 is 0 Å². The van der Waals surface area contributed by atoms with E-state index in [1.165, 1.54) is 24.4 Å². The van der Waals surface area contributed by atoms with Gasteiger partial charge < -0.3 is 20.5 Å². The second-order valence-electron chi connectivity index (χ2n) is 5.72. The van der Waals surface area contributed by atoms with Crippen molar-refractivity contribution in [2.45, 2.75) is 18.8 Å². The van der Waals surface area contributed by atoms with Gasteiger partial charge in [-0.05, 0) is 42.3 Å². The van der Waals surface area contributed by atoms with Crippen molar-refractivity contribution in [3.05, 3.63) is 56.9 Å². The van der Waals surface area contributed by atoms with E-state index in [1.54, 1.807) is 18.2 Å². The molecule has 2 aromatic rings. The van der Waals surface area contributed by atoms with E-state index in [9.17, 15) is 9.90 Å². The molecule has 1 atom stereocenters. The van der Waals surface area contributed by atoms with Gasteiger partial charge in [-0.1, -0.05) is 46.7 Å². The lowest BCUT2D eigenvalue weighted by atomic mass is 10.1. The molecule has 0 bridgehead atoms. The molecule has 1 aliphatic heterocycles. The van der Waals surface area contributed by atoms with Gasteiger partial charge in [-0.25, -0.2) is 0 Å². The summed E-state index contributed by atoms with van der Waals surface area (Å²) in [5.74, 6) is 0.166. The summed E-state index contributed by atoms with van der Waals surface area (Å²) in [6, 6.07) is 11.5. The van der Waals surface area contributed by atoms with E-state index in [2.05, 4.69) is 45.6 Å². The summed E-state index contributed by atoms with van der Waals surface area (Å²) in [4.78, 5) is 12.8. The maximum atomic E-state index is 12.3. The lowest BCUT2D eigenvalue weighted by molar-refractivity contribution is -0.116. The summed E-state index contributed by atoms with van der Waals surface area (Å²) >= 11 is 4.75. The zero-order chi connectivity index (χ0) is 18.7. The molecule has 0 aliphatic carbocycles. The summed E-state index contributed by atoms with van der Waals surface area (Å²) in [5.41, 5.74) is 2.45. The highest BCUT2D eigenvalue weighted by Gasteiger charge is 2.27. The minimum absolute atomic E-state index is 0.00293. The number of halogens is 1. The zero-order valence-corrected chi connectivity index (χ0v) is 16.8. The first-order valence-electron chi connectivity index (χ1n) is 8.11. The summed E-state index contributed by atoms with van der Waals surface area (Å²) in [5, 5.41) is 16.4. The number of carbonyl (C=O) groups excluding carboxylic acids is 1. The first-order valence-corrected chi connectivity index (χ1v) is 9.78. The summed E-state index contributed by atoms with van der Waals surface area (Å²) < 4.78 is 5.91. The van der Waals surface area contributed by atoms with Crippen molar-refractivity contribution < 1.29 is 14.6 Å². The Morgan fingerprint density at radius 2 is 2.08 bits per heavy atom. The Kier molecular flexibility index (Phi) is 5.78. The number of nitrogens with one attached hydrogen (secondary N) is 2. The van der Waals surface area contributed by atoms with E-state index in [0.29, 0.717) is 16.2 Å². The third-order valence-corrected chi connectivity index (χ3v) is 5.45. The number of ether oxygens (including phenoxy) is 1. The Labute approximate surface area is 165 Å². The van der Waals surface area contributed by atoms with E-state index in [0.717, 1.165) is 16.6 Å². The number of phenolic OH excluding ortho intramolecular Hbond substituents is 1. The molecule has 0 unspecified atom stereocenters. The normalized spacial score (nSPS) is 18.0. The van der Waals surface area contributed by atoms with Gasteiger partial charge in [0.2, 0.25) is 0 Å². The highest BCUT2D eigenvalue weighted by atomic mass is 79.9. The second kappa shape index (κ2) is 8.05. The largest absolute Gasteiger partial charge is 0.504 e. The number of amides is 1. The smallest absolute Gasteiger partial charge is 0.260 e. The van der Waals surface area contributed by atoms with Crippen LogP contribution >= 0.6 is 27.7 Å². The van der Waals surface area contributed by atoms with Crippen molar-refractivity contribution in [3.8, 4) is 11.5 Å². The number of carbonyl (C=O) groups is 1. The molecule has 3 N–H and O–H groups in total. The molecule has 1 saturated heterocycles. The molecule has 1 amide bonds. The summed E-state index contributed by atoms with van der Waals surface area (Å²) in [6.45, 7) is 2.11. The third-order valence-electron chi connectivity index (χ3n) is 3.97.